The van der Waals surface area contributed by atoms with Crippen LogP contribution in [0.3, 0.4) is 0 Å². The first-order valence-corrected chi connectivity index (χ1v) is 9.18. The molecule has 19 heavy (non-hydrogen) atoms. The minimum atomic E-state index is 0.684. The summed E-state index contributed by atoms with van der Waals surface area (Å²) in [4.78, 5) is 2.77. The topological polar surface area (TPSA) is 15.3 Å². The average Bonchev–Trinajstić information content (AvgIpc) is 2.34. The van der Waals surface area contributed by atoms with Gasteiger partial charge in [-0.3, -0.25) is 4.90 Å². The Kier molecular flexibility index (Phi) is 7.78. The van der Waals surface area contributed by atoms with Crippen molar-refractivity contribution in [1.82, 2.24) is 10.2 Å². The molecule has 0 bridgehead atoms. The summed E-state index contributed by atoms with van der Waals surface area (Å²) in [7, 11) is 0. The van der Waals surface area contributed by atoms with Crippen LogP contribution in [-0.4, -0.2) is 47.6 Å². The zero-order valence-electron chi connectivity index (χ0n) is 13.8. The van der Waals surface area contributed by atoms with Crippen molar-refractivity contribution in [2.75, 3.05) is 24.6 Å². The number of hydrogen-bond acceptors (Lipinski definition) is 3. The molecule has 3 unspecified atom stereocenters. The Labute approximate surface area is 125 Å². The van der Waals surface area contributed by atoms with Crippen LogP contribution in [0.2, 0.25) is 0 Å². The molecule has 3 atom stereocenters. The van der Waals surface area contributed by atoms with Gasteiger partial charge >= 0.3 is 0 Å². The van der Waals surface area contributed by atoms with Crippen molar-refractivity contribution in [2.24, 2.45) is 11.8 Å². The Bertz CT molecular complexity index is 243. The van der Waals surface area contributed by atoms with Crippen molar-refractivity contribution in [1.29, 1.82) is 0 Å². The van der Waals surface area contributed by atoms with Crippen molar-refractivity contribution in [3.8, 4) is 0 Å². The van der Waals surface area contributed by atoms with E-state index >= 15 is 0 Å². The summed E-state index contributed by atoms with van der Waals surface area (Å²) in [5, 5.41) is 3.77. The Hall–Kier alpha value is 0.270. The van der Waals surface area contributed by atoms with Crippen LogP contribution in [0.5, 0.6) is 0 Å². The molecule has 1 aliphatic heterocycles. The molecule has 1 fully saturated rings. The summed E-state index contributed by atoms with van der Waals surface area (Å²) in [5.74, 6) is 4.03. The zero-order valence-corrected chi connectivity index (χ0v) is 14.6. The van der Waals surface area contributed by atoms with Crippen LogP contribution in [0.4, 0.5) is 0 Å². The number of thioether (sulfide) groups is 1. The molecular weight excluding hydrogens is 252 g/mol. The number of hydrogen-bond donors (Lipinski definition) is 1. The monoisotopic (exact) mass is 286 g/mol. The molecule has 0 spiro atoms. The molecule has 0 saturated carbocycles. The molecule has 0 aromatic carbocycles. The highest BCUT2D eigenvalue weighted by atomic mass is 32.2. The summed E-state index contributed by atoms with van der Waals surface area (Å²) >= 11 is 2.08. The molecule has 1 aliphatic rings. The van der Waals surface area contributed by atoms with Crippen LogP contribution in [0.1, 0.15) is 48.0 Å². The third-order valence-electron chi connectivity index (χ3n) is 4.13. The fraction of sp³-hybridized carbons (Fsp3) is 1.00. The predicted octanol–water partition coefficient (Wildman–Crippen LogP) is 3.47. The van der Waals surface area contributed by atoms with Gasteiger partial charge in [-0.15, -0.1) is 0 Å². The highest BCUT2D eigenvalue weighted by molar-refractivity contribution is 7.99. The van der Waals surface area contributed by atoms with Gasteiger partial charge in [-0.2, -0.15) is 11.8 Å². The van der Waals surface area contributed by atoms with Gasteiger partial charge in [0.15, 0.2) is 0 Å². The Morgan fingerprint density at radius 1 is 1.21 bits per heavy atom. The molecule has 3 heteroatoms. The van der Waals surface area contributed by atoms with E-state index in [2.05, 4.69) is 63.5 Å². The first-order valence-electron chi connectivity index (χ1n) is 8.02. The molecule has 0 aromatic heterocycles. The molecular formula is C16H34N2S. The van der Waals surface area contributed by atoms with E-state index in [1.807, 2.05) is 0 Å². The Morgan fingerprint density at radius 3 is 2.42 bits per heavy atom. The molecule has 1 N–H and O–H groups in total. The largest absolute Gasteiger partial charge is 0.311 e. The molecule has 1 saturated heterocycles. The molecule has 0 aromatic rings. The van der Waals surface area contributed by atoms with E-state index in [0.29, 0.717) is 18.1 Å². The van der Waals surface area contributed by atoms with Crippen molar-refractivity contribution in [3.63, 3.8) is 0 Å². The van der Waals surface area contributed by atoms with Gasteiger partial charge in [-0.05, 0) is 30.9 Å². The second-order valence-corrected chi connectivity index (χ2v) is 8.07. The first kappa shape index (κ1) is 17.3. The normalized spacial score (nSPS) is 27.2. The van der Waals surface area contributed by atoms with Gasteiger partial charge < -0.3 is 5.32 Å². The van der Waals surface area contributed by atoms with Gasteiger partial charge in [0.25, 0.3) is 0 Å². The van der Waals surface area contributed by atoms with Gasteiger partial charge in [0.1, 0.15) is 0 Å². The maximum atomic E-state index is 3.77. The number of nitrogens with one attached hydrogen (secondary N) is 1. The molecule has 0 radical (unpaired) electrons. The van der Waals surface area contributed by atoms with Gasteiger partial charge in [0.2, 0.25) is 0 Å². The van der Waals surface area contributed by atoms with E-state index < -0.39 is 0 Å². The maximum Gasteiger partial charge on any atom is 0.0247 e. The SMILES string of the molecule is CCSCC(C)N1CC(CC(C)C)NCC1C(C)C. The fourth-order valence-corrected chi connectivity index (χ4v) is 3.86. The molecule has 1 rings (SSSR count). The molecule has 2 nitrogen and oxygen atoms in total. The lowest BCUT2D eigenvalue weighted by Crippen LogP contribution is -2.61. The predicted molar refractivity (Wildman–Crippen MR) is 89.0 cm³/mol. The van der Waals surface area contributed by atoms with E-state index in [9.17, 15) is 0 Å². The van der Waals surface area contributed by atoms with Crippen molar-refractivity contribution in [2.45, 2.75) is 66.1 Å². The summed E-state index contributed by atoms with van der Waals surface area (Å²) in [6.45, 7) is 16.5. The molecule has 0 amide bonds. The molecule has 114 valence electrons. The Balaban J connectivity index is 2.61. The summed E-state index contributed by atoms with van der Waals surface area (Å²) in [5.41, 5.74) is 0. The summed E-state index contributed by atoms with van der Waals surface area (Å²) in [6, 6.07) is 2.09. The van der Waals surface area contributed by atoms with Crippen LogP contribution >= 0.6 is 11.8 Å². The van der Waals surface area contributed by atoms with E-state index in [-0.39, 0.29) is 0 Å². The second kappa shape index (κ2) is 8.53. The van der Waals surface area contributed by atoms with Gasteiger partial charge in [-0.25, -0.2) is 0 Å². The second-order valence-electron chi connectivity index (χ2n) is 6.75. The third-order valence-corrected chi connectivity index (χ3v) is 5.25. The van der Waals surface area contributed by atoms with Gasteiger partial charge in [0.05, 0.1) is 0 Å². The number of nitrogens with zero attached hydrogens (tertiary/aromatic N) is 1. The lowest BCUT2D eigenvalue weighted by molar-refractivity contribution is 0.0659. The van der Waals surface area contributed by atoms with Gasteiger partial charge in [-0.1, -0.05) is 34.6 Å². The standard InChI is InChI=1S/C16H34N2S/c1-7-19-11-14(6)18-10-15(8-12(2)3)17-9-16(18)13(4)5/h12-17H,7-11H2,1-6H3. The lowest BCUT2D eigenvalue weighted by Gasteiger charge is -2.46. The molecule has 0 aliphatic carbocycles. The minimum absolute atomic E-state index is 0.684. The van der Waals surface area contributed by atoms with Crippen LogP contribution < -0.4 is 5.32 Å². The van der Waals surface area contributed by atoms with Crippen LogP contribution in [0.15, 0.2) is 0 Å². The van der Waals surface area contributed by atoms with Crippen molar-refractivity contribution < 1.29 is 0 Å². The van der Waals surface area contributed by atoms with E-state index in [1.165, 1.54) is 24.5 Å². The van der Waals surface area contributed by atoms with Crippen LogP contribution in [0, 0.1) is 11.8 Å². The summed E-state index contributed by atoms with van der Waals surface area (Å²) < 4.78 is 0. The average molecular weight is 287 g/mol. The van der Waals surface area contributed by atoms with E-state index in [0.717, 1.165) is 18.4 Å². The number of rotatable bonds is 7. The first-order chi connectivity index (χ1) is 8.95. The van der Waals surface area contributed by atoms with E-state index in [1.54, 1.807) is 0 Å². The smallest absolute Gasteiger partial charge is 0.0247 e. The number of piperazine rings is 1. The zero-order chi connectivity index (χ0) is 14.4. The fourth-order valence-electron chi connectivity index (χ4n) is 3.10. The summed E-state index contributed by atoms with van der Waals surface area (Å²) in [6.07, 6.45) is 1.30. The van der Waals surface area contributed by atoms with Crippen molar-refractivity contribution >= 4 is 11.8 Å². The highest BCUT2D eigenvalue weighted by Gasteiger charge is 2.32. The highest BCUT2D eigenvalue weighted by Crippen LogP contribution is 2.22. The third kappa shape index (κ3) is 5.65. The van der Waals surface area contributed by atoms with Gasteiger partial charge in [0, 0.05) is 37.0 Å². The Morgan fingerprint density at radius 2 is 1.89 bits per heavy atom. The quantitative estimate of drug-likeness (QED) is 0.771. The van der Waals surface area contributed by atoms with Crippen LogP contribution in [-0.2, 0) is 0 Å². The minimum Gasteiger partial charge on any atom is -0.311 e. The van der Waals surface area contributed by atoms with Crippen molar-refractivity contribution in [3.05, 3.63) is 0 Å². The lowest BCUT2D eigenvalue weighted by atomic mass is 9.94. The molecule has 1 heterocycles. The maximum absolute atomic E-state index is 3.77. The van der Waals surface area contributed by atoms with E-state index in [4.69, 9.17) is 0 Å². The van der Waals surface area contributed by atoms with Crippen LogP contribution in [0.25, 0.3) is 0 Å².